The monoisotopic (exact) mass is 256 g/mol. The molecule has 4 nitrogen and oxygen atoms in total. The van der Waals surface area contributed by atoms with Crippen molar-refractivity contribution in [3.8, 4) is 0 Å². The zero-order valence-electron chi connectivity index (χ0n) is 10.7. The smallest absolute Gasteiger partial charge is 0.297 e. The van der Waals surface area contributed by atoms with Crippen molar-refractivity contribution < 1.29 is 4.79 Å². The first-order chi connectivity index (χ1) is 9.24. The second-order valence-electron chi connectivity index (χ2n) is 5.05. The number of nitrogens with zero attached hydrogens (tertiary/aromatic N) is 2. The number of imidazole rings is 1. The summed E-state index contributed by atoms with van der Waals surface area (Å²) in [4.78, 5) is 24.0. The summed E-state index contributed by atoms with van der Waals surface area (Å²) in [6.07, 6.45) is 6.02. The lowest BCUT2D eigenvalue weighted by atomic mass is 10.1. The van der Waals surface area contributed by atoms with E-state index in [0.29, 0.717) is 12.5 Å². The fraction of sp³-hybridized carbons (Fsp3) is 0.333. The van der Waals surface area contributed by atoms with E-state index in [2.05, 4.69) is 0 Å². The van der Waals surface area contributed by atoms with Crippen molar-refractivity contribution in [3.05, 3.63) is 58.8 Å². The first-order valence-corrected chi connectivity index (χ1v) is 6.57. The van der Waals surface area contributed by atoms with E-state index in [9.17, 15) is 9.59 Å². The van der Waals surface area contributed by atoms with E-state index in [1.54, 1.807) is 17.0 Å². The van der Waals surface area contributed by atoms with Crippen molar-refractivity contribution in [2.24, 2.45) is 0 Å². The maximum atomic E-state index is 12.0. The Hall–Kier alpha value is -2.10. The summed E-state index contributed by atoms with van der Waals surface area (Å²) >= 11 is 0. The minimum absolute atomic E-state index is 0.0573. The van der Waals surface area contributed by atoms with Crippen LogP contribution in [-0.4, -0.2) is 14.9 Å². The van der Waals surface area contributed by atoms with E-state index in [0.717, 1.165) is 18.4 Å². The van der Waals surface area contributed by atoms with Crippen molar-refractivity contribution in [1.82, 2.24) is 9.13 Å². The number of benzene rings is 1. The summed E-state index contributed by atoms with van der Waals surface area (Å²) in [5.74, 6) is 0.0573. The second-order valence-corrected chi connectivity index (χ2v) is 5.05. The van der Waals surface area contributed by atoms with E-state index >= 15 is 0 Å². The first kappa shape index (κ1) is 12.0. The molecule has 0 N–H and O–H groups in total. The van der Waals surface area contributed by atoms with Gasteiger partial charge in [0.2, 0.25) is 0 Å². The molecule has 0 aliphatic heterocycles. The number of rotatable bonds is 5. The first-order valence-electron chi connectivity index (χ1n) is 6.57. The van der Waals surface area contributed by atoms with Gasteiger partial charge in [-0.2, -0.15) is 0 Å². The van der Waals surface area contributed by atoms with Gasteiger partial charge >= 0.3 is 5.69 Å². The van der Waals surface area contributed by atoms with Crippen molar-refractivity contribution in [3.63, 3.8) is 0 Å². The lowest BCUT2D eigenvalue weighted by molar-refractivity contribution is -0.119. The zero-order valence-corrected chi connectivity index (χ0v) is 10.7. The van der Waals surface area contributed by atoms with Crippen LogP contribution >= 0.6 is 0 Å². The van der Waals surface area contributed by atoms with Crippen LogP contribution in [-0.2, 0) is 17.8 Å². The topological polar surface area (TPSA) is 44.0 Å². The molecule has 98 valence electrons. The lowest BCUT2D eigenvalue weighted by Crippen LogP contribution is -2.26. The summed E-state index contributed by atoms with van der Waals surface area (Å²) in [6.45, 7) is 0.160. The van der Waals surface area contributed by atoms with Gasteiger partial charge < -0.3 is 0 Å². The molecule has 1 aromatic carbocycles. The number of hydrogen-bond acceptors (Lipinski definition) is 2. The van der Waals surface area contributed by atoms with Crippen LogP contribution in [0.15, 0.2) is 47.5 Å². The Labute approximate surface area is 111 Å². The molecule has 0 amide bonds. The Balaban J connectivity index is 1.68. The number of ketones is 1. The van der Waals surface area contributed by atoms with Crippen molar-refractivity contribution in [2.75, 3.05) is 0 Å². The molecule has 1 aromatic heterocycles. The number of hydrogen-bond donors (Lipinski definition) is 0. The molecule has 1 saturated carbocycles. The van der Waals surface area contributed by atoms with E-state index in [-0.39, 0.29) is 18.0 Å². The van der Waals surface area contributed by atoms with Crippen molar-refractivity contribution in [1.29, 1.82) is 0 Å². The summed E-state index contributed by atoms with van der Waals surface area (Å²) in [5.41, 5.74) is 0.922. The van der Waals surface area contributed by atoms with Gasteiger partial charge in [-0.05, 0) is 18.4 Å². The summed E-state index contributed by atoms with van der Waals surface area (Å²) in [5, 5.41) is 0. The van der Waals surface area contributed by atoms with Crippen molar-refractivity contribution >= 4 is 5.78 Å². The van der Waals surface area contributed by atoms with Crippen LogP contribution in [0.25, 0.3) is 0 Å². The fourth-order valence-electron chi connectivity index (χ4n) is 2.25. The molecular weight excluding hydrogens is 240 g/mol. The van der Waals surface area contributed by atoms with Gasteiger partial charge in [-0.25, -0.2) is 4.79 Å². The van der Waals surface area contributed by atoms with Crippen LogP contribution in [0, 0.1) is 0 Å². The highest BCUT2D eigenvalue weighted by Gasteiger charge is 2.25. The second kappa shape index (κ2) is 4.88. The Kier molecular flexibility index (Phi) is 3.07. The predicted octanol–water partition coefficient (Wildman–Crippen LogP) is 1.80. The number of Topliss-reactive ketones (excluding diaryl/α,β-unsaturated/α-hetero) is 1. The molecule has 0 unspecified atom stereocenters. The highest BCUT2D eigenvalue weighted by atomic mass is 16.2. The van der Waals surface area contributed by atoms with Crippen LogP contribution < -0.4 is 5.69 Å². The largest absolute Gasteiger partial charge is 0.328 e. The molecule has 1 fully saturated rings. The normalized spacial score (nSPS) is 14.5. The molecular formula is C15H16N2O2. The molecule has 0 radical (unpaired) electrons. The average Bonchev–Trinajstić information content (AvgIpc) is 3.18. The maximum Gasteiger partial charge on any atom is 0.328 e. The summed E-state index contributed by atoms with van der Waals surface area (Å²) in [7, 11) is 0. The Morgan fingerprint density at radius 2 is 1.89 bits per heavy atom. The molecule has 0 spiro atoms. The maximum absolute atomic E-state index is 12.0. The van der Waals surface area contributed by atoms with Crippen molar-refractivity contribution in [2.45, 2.75) is 31.8 Å². The van der Waals surface area contributed by atoms with Gasteiger partial charge in [0.1, 0.15) is 0 Å². The standard InChI is InChI=1S/C15H16N2O2/c18-14(10-12-4-2-1-3-5-12)11-16-8-9-17(15(16)19)13-6-7-13/h1-5,8-9,13H,6-7,10-11H2. The molecule has 0 bridgehead atoms. The third kappa shape index (κ3) is 2.67. The lowest BCUT2D eigenvalue weighted by Gasteiger charge is -2.02. The Morgan fingerprint density at radius 1 is 1.16 bits per heavy atom. The number of carbonyl (C=O) groups excluding carboxylic acids is 1. The van der Waals surface area contributed by atoms with Gasteiger partial charge in [0.15, 0.2) is 5.78 Å². The molecule has 19 heavy (non-hydrogen) atoms. The van der Waals surface area contributed by atoms with Crippen LogP contribution in [0.3, 0.4) is 0 Å². The van der Waals surface area contributed by atoms with Gasteiger partial charge in [0, 0.05) is 24.9 Å². The fourth-order valence-corrected chi connectivity index (χ4v) is 2.25. The molecule has 1 aliphatic carbocycles. The minimum Gasteiger partial charge on any atom is -0.297 e. The van der Waals surface area contributed by atoms with E-state index in [1.165, 1.54) is 4.57 Å². The van der Waals surface area contributed by atoms with Crippen LogP contribution in [0.4, 0.5) is 0 Å². The van der Waals surface area contributed by atoms with Gasteiger partial charge in [0.25, 0.3) is 0 Å². The molecule has 2 aromatic rings. The van der Waals surface area contributed by atoms with Gasteiger partial charge in [-0.15, -0.1) is 0 Å². The summed E-state index contributed by atoms with van der Waals surface area (Å²) < 4.78 is 3.24. The van der Waals surface area contributed by atoms with E-state index in [4.69, 9.17) is 0 Å². The number of carbonyl (C=O) groups is 1. The highest BCUT2D eigenvalue weighted by Crippen LogP contribution is 2.33. The van der Waals surface area contributed by atoms with Crippen LogP contribution in [0.5, 0.6) is 0 Å². The van der Waals surface area contributed by atoms with E-state index in [1.807, 2.05) is 30.3 Å². The summed E-state index contributed by atoms with van der Waals surface area (Å²) in [6, 6.07) is 9.97. The van der Waals surface area contributed by atoms with Crippen LogP contribution in [0.1, 0.15) is 24.4 Å². The molecule has 0 atom stereocenters. The Bertz CT molecular complexity index is 636. The number of aromatic nitrogens is 2. The molecule has 4 heteroatoms. The quantitative estimate of drug-likeness (QED) is 0.818. The van der Waals surface area contributed by atoms with Gasteiger partial charge in [-0.1, -0.05) is 30.3 Å². The SMILES string of the molecule is O=C(Cc1ccccc1)Cn1ccn(C2CC2)c1=O. The van der Waals surface area contributed by atoms with E-state index < -0.39 is 0 Å². The molecule has 3 rings (SSSR count). The Morgan fingerprint density at radius 3 is 2.58 bits per heavy atom. The average molecular weight is 256 g/mol. The minimum atomic E-state index is -0.0658. The molecule has 1 heterocycles. The zero-order chi connectivity index (χ0) is 13.2. The highest BCUT2D eigenvalue weighted by molar-refractivity contribution is 5.80. The van der Waals surface area contributed by atoms with Crippen LogP contribution in [0.2, 0.25) is 0 Å². The molecule has 0 saturated heterocycles. The predicted molar refractivity (Wildman–Crippen MR) is 72.1 cm³/mol. The third-order valence-electron chi connectivity index (χ3n) is 3.40. The third-order valence-corrected chi connectivity index (χ3v) is 3.40. The molecule has 1 aliphatic rings. The van der Waals surface area contributed by atoms with Gasteiger partial charge in [0.05, 0.1) is 6.54 Å². The van der Waals surface area contributed by atoms with Gasteiger partial charge in [-0.3, -0.25) is 13.9 Å².